The highest BCUT2D eigenvalue weighted by Crippen LogP contribution is 2.27. The lowest BCUT2D eigenvalue weighted by molar-refractivity contribution is 0.226. The van der Waals surface area contributed by atoms with Gasteiger partial charge in [-0.2, -0.15) is 0 Å². The Hall–Kier alpha value is -0.580. The molecule has 0 fully saturated rings. The van der Waals surface area contributed by atoms with Crippen LogP contribution in [0, 0.1) is 6.92 Å². The second kappa shape index (κ2) is 6.04. The number of halogens is 2. The Kier molecular flexibility index (Phi) is 4.65. The van der Waals surface area contributed by atoms with E-state index in [1.54, 1.807) is 11.3 Å². The van der Waals surface area contributed by atoms with Gasteiger partial charge in [0.15, 0.2) is 0 Å². The van der Waals surface area contributed by atoms with Gasteiger partial charge in [0.05, 0.1) is 11.6 Å². The summed E-state index contributed by atoms with van der Waals surface area (Å²) in [5.74, 6) is 1.30. The van der Waals surface area contributed by atoms with Crippen molar-refractivity contribution in [2.24, 2.45) is 0 Å². The number of thiazole rings is 1. The van der Waals surface area contributed by atoms with Crippen LogP contribution in [0.5, 0.6) is 5.75 Å². The van der Waals surface area contributed by atoms with Crippen LogP contribution in [0.4, 0.5) is 0 Å². The standard InChI is InChI=1S/C13H13BrClNOS/c1-8-5-11(3-4-12(8)14)17-9(2)13-16-10(6-15)7-18-13/h3-5,7,9H,6H2,1-2H3. The van der Waals surface area contributed by atoms with Gasteiger partial charge in [0.2, 0.25) is 0 Å². The van der Waals surface area contributed by atoms with E-state index in [1.807, 2.05) is 37.4 Å². The maximum atomic E-state index is 5.88. The molecule has 0 aliphatic carbocycles. The van der Waals surface area contributed by atoms with Crippen molar-refractivity contribution in [3.8, 4) is 5.75 Å². The Balaban J connectivity index is 2.10. The van der Waals surface area contributed by atoms with Crippen molar-refractivity contribution < 1.29 is 4.74 Å². The molecule has 5 heteroatoms. The first-order chi connectivity index (χ1) is 8.60. The molecule has 0 aliphatic rings. The molecule has 1 atom stereocenters. The van der Waals surface area contributed by atoms with Gasteiger partial charge in [-0.25, -0.2) is 4.98 Å². The zero-order valence-corrected chi connectivity index (χ0v) is 13.3. The monoisotopic (exact) mass is 345 g/mol. The second-order valence-corrected chi connectivity index (χ2v) is 5.99. The molecule has 2 rings (SSSR count). The van der Waals surface area contributed by atoms with Crippen molar-refractivity contribution in [1.82, 2.24) is 4.98 Å². The van der Waals surface area contributed by atoms with E-state index in [1.165, 1.54) is 0 Å². The molecule has 2 aromatic rings. The number of aryl methyl sites for hydroxylation is 1. The maximum Gasteiger partial charge on any atom is 0.147 e. The molecular weight excluding hydrogens is 334 g/mol. The third-order valence-electron chi connectivity index (χ3n) is 2.50. The van der Waals surface area contributed by atoms with E-state index in [0.717, 1.165) is 26.5 Å². The highest BCUT2D eigenvalue weighted by Gasteiger charge is 2.12. The van der Waals surface area contributed by atoms with Gasteiger partial charge in [-0.1, -0.05) is 15.9 Å². The Morgan fingerprint density at radius 3 is 2.89 bits per heavy atom. The minimum absolute atomic E-state index is 0.0625. The molecule has 1 heterocycles. The highest BCUT2D eigenvalue weighted by atomic mass is 79.9. The average Bonchev–Trinajstić information content (AvgIpc) is 2.82. The summed E-state index contributed by atoms with van der Waals surface area (Å²) >= 11 is 10.8. The first kappa shape index (κ1) is 13.8. The first-order valence-electron chi connectivity index (χ1n) is 5.53. The van der Waals surface area contributed by atoms with E-state index in [0.29, 0.717) is 5.88 Å². The predicted octanol–water partition coefficient (Wildman–Crippen LogP) is 5.09. The molecule has 0 N–H and O–H groups in total. The molecule has 18 heavy (non-hydrogen) atoms. The molecule has 0 radical (unpaired) electrons. The van der Waals surface area contributed by atoms with Crippen LogP contribution >= 0.6 is 38.9 Å². The SMILES string of the molecule is Cc1cc(OC(C)c2nc(CCl)cs2)ccc1Br. The summed E-state index contributed by atoms with van der Waals surface area (Å²) in [6, 6.07) is 5.95. The van der Waals surface area contributed by atoms with Crippen LogP contribution in [0.3, 0.4) is 0 Å². The summed E-state index contributed by atoms with van der Waals surface area (Å²) < 4.78 is 6.96. The van der Waals surface area contributed by atoms with Gasteiger partial charge < -0.3 is 4.74 Å². The molecule has 1 aromatic heterocycles. The summed E-state index contributed by atoms with van der Waals surface area (Å²) in [6.07, 6.45) is -0.0625. The Bertz CT molecular complexity index is 544. The van der Waals surface area contributed by atoms with E-state index in [2.05, 4.69) is 20.9 Å². The molecule has 2 nitrogen and oxygen atoms in total. The quantitative estimate of drug-likeness (QED) is 0.719. The number of alkyl halides is 1. The van der Waals surface area contributed by atoms with E-state index in [-0.39, 0.29) is 6.10 Å². The van der Waals surface area contributed by atoms with Crippen molar-refractivity contribution in [2.75, 3.05) is 0 Å². The molecular formula is C13H13BrClNOS. The van der Waals surface area contributed by atoms with Crippen LogP contribution in [-0.4, -0.2) is 4.98 Å². The van der Waals surface area contributed by atoms with Crippen LogP contribution in [0.1, 0.15) is 29.3 Å². The predicted molar refractivity (Wildman–Crippen MR) is 79.6 cm³/mol. The maximum absolute atomic E-state index is 5.88. The summed E-state index contributed by atoms with van der Waals surface area (Å²) in [4.78, 5) is 4.42. The van der Waals surface area contributed by atoms with E-state index in [9.17, 15) is 0 Å². The molecule has 1 unspecified atom stereocenters. The zero-order valence-electron chi connectivity index (χ0n) is 10.1. The fourth-order valence-electron chi connectivity index (χ4n) is 1.52. The van der Waals surface area contributed by atoms with Crippen molar-refractivity contribution in [3.63, 3.8) is 0 Å². The fraction of sp³-hybridized carbons (Fsp3) is 0.308. The van der Waals surface area contributed by atoms with Crippen LogP contribution in [0.15, 0.2) is 28.1 Å². The highest BCUT2D eigenvalue weighted by molar-refractivity contribution is 9.10. The lowest BCUT2D eigenvalue weighted by atomic mass is 10.2. The van der Waals surface area contributed by atoms with Gasteiger partial charge in [-0.15, -0.1) is 22.9 Å². The van der Waals surface area contributed by atoms with Crippen molar-refractivity contribution in [1.29, 1.82) is 0 Å². The minimum atomic E-state index is -0.0625. The fourth-order valence-corrected chi connectivity index (χ4v) is 2.79. The number of nitrogens with zero attached hydrogens (tertiary/aromatic N) is 1. The Labute approximate surface area is 124 Å². The average molecular weight is 347 g/mol. The molecule has 0 amide bonds. The molecule has 0 aliphatic heterocycles. The van der Waals surface area contributed by atoms with Gasteiger partial charge in [0.25, 0.3) is 0 Å². The summed E-state index contributed by atoms with van der Waals surface area (Å²) in [5, 5.41) is 2.92. The molecule has 1 aromatic carbocycles. The minimum Gasteiger partial charge on any atom is -0.484 e. The normalized spacial score (nSPS) is 12.4. The molecule has 96 valence electrons. The third-order valence-corrected chi connectivity index (χ3v) is 4.71. The van der Waals surface area contributed by atoms with Crippen molar-refractivity contribution in [3.05, 3.63) is 44.3 Å². The molecule has 0 saturated heterocycles. The topological polar surface area (TPSA) is 22.1 Å². The van der Waals surface area contributed by atoms with Gasteiger partial charge in [0, 0.05) is 9.85 Å². The van der Waals surface area contributed by atoms with Gasteiger partial charge in [-0.3, -0.25) is 0 Å². The van der Waals surface area contributed by atoms with E-state index >= 15 is 0 Å². The van der Waals surface area contributed by atoms with Crippen LogP contribution < -0.4 is 4.74 Å². The van der Waals surface area contributed by atoms with Crippen molar-refractivity contribution >= 4 is 38.9 Å². The van der Waals surface area contributed by atoms with Crippen molar-refractivity contribution in [2.45, 2.75) is 25.8 Å². The smallest absolute Gasteiger partial charge is 0.147 e. The second-order valence-electron chi connectivity index (χ2n) is 3.98. The Morgan fingerprint density at radius 2 is 2.28 bits per heavy atom. The summed E-state index contributed by atoms with van der Waals surface area (Å²) in [7, 11) is 0. The lowest BCUT2D eigenvalue weighted by Crippen LogP contribution is -2.03. The molecule has 0 spiro atoms. The summed E-state index contributed by atoms with van der Waals surface area (Å²) in [5.41, 5.74) is 2.05. The van der Waals surface area contributed by atoms with E-state index in [4.69, 9.17) is 16.3 Å². The number of ether oxygens (including phenoxy) is 1. The van der Waals surface area contributed by atoms with Crippen LogP contribution in [-0.2, 0) is 5.88 Å². The van der Waals surface area contributed by atoms with Crippen LogP contribution in [0.2, 0.25) is 0 Å². The third kappa shape index (κ3) is 3.25. The number of hydrogen-bond acceptors (Lipinski definition) is 3. The van der Waals surface area contributed by atoms with Gasteiger partial charge >= 0.3 is 0 Å². The Morgan fingerprint density at radius 1 is 1.50 bits per heavy atom. The number of aromatic nitrogens is 1. The number of rotatable bonds is 4. The van der Waals surface area contributed by atoms with E-state index < -0.39 is 0 Å². The number of benzene rings is 1. The first-order valence-corrected chi connectivity index (χ1v) is 7.74. The van der Waals surface area contributed by atoms with Gasteiger partial charge in [-0.05, 0) is 37.6 Å². The number of hydrogen-bond donors (Lipinski definition) is 0. The van der Waals surface area contributed by atoms with Crippen LogP contribution in [0.25, 0.3) is 0 Å². The lowest BCUT2D eigenvalue weighted by Gasteiger charge is -2.13. The summed E-state index contributed by atoms with van der Waals surface area (Å²) in [6.45, 7) is 4.03. The molecule has 0 saturated carbocycles. The molecule has 0 bridgehead atoms. The largest absolute Gasteiger partial charge is 0.484 e. The zero-order chi connectivity index (χ0) is 13.1. The van der Waals surface area contributed by atoms with Gasteiger partial charge in [0.1, 0.15) is 16.9 Å².